The topological polar surface area (TPSA) is 54.0 Å². The first kappa shape index (κ1) is 6.15. The predicted octanol–water partition coefficient (Wildman–Crippen LogP) is 0.0562. The van der Waals surface area contributed by atoms with E-state index < -0.39 is 0 Å². The molecule has 0 atom stereocenters. The van der Waals surface area contributed by atoms with E-state index in [0.29, 0.717) is 6.54 Å². The molecule has 2 rings (SSSR count). The van der Waals surface area contributed by atoms with Crippen molar-refractivity contribution in [2.75, 3.05) is 6.54 Å². The summed E-state index contributed by atoms with van der Waals surface area (Å²) in [5.74, 6) is 0.897. The second kappa shape index (κ2) is 2.23. The first-order chi connectivity index (χ1) is 5.36. The summed E-state index contributed by atoms with van der Waals surface area (Å²) in [7, 11) is 0. The minimum absolute atomic E-state index is 0.687. The first-order valence-corrected chi connectivity index (χ1v) is 3.35. The molecule has 0 saturated carbocycles. The molecule has 0 radical (unpaired) electrons. The molecule has 0 saturated heterocycles. The number of hydrogen-bond acceptors (Lipinski definition) is 4. The van der Waals surface area contributed by atoms with Gasteiger partial charge in [-0.3, -0.25) is 0 Å². The van der Waals surface area contributed by atoms with Crippen molar-refractivity contribution in [1.29, 1.82) is 0 Å². The molecule has 0 aromatic rings. The van der Waals surface area contributed by atoms with Gasteiger partial charge in [-0.2, -0.15) is 0 Å². The van der Waals surface area contributed by atoms with Crippen LogP contribution >= 0.6 is 0 Å². The van der Waals surface area contributed by atoms with Crippen molar-refractivity contribution >= 4 is 12.2 Å². The fourth-order valence-electron chi connectivity index (χ4n) is 1.01. The molecule has 0 unspecified atom stereocenters. The standard InChI is InChI=1S/C7H8N4/c8-6-3-10-7-1-2-9-5-11(7)4-6/h1-3,5H,4,8H2. The lowest BCUT2D eigenvalue weighted by Crippen LogP contribution is -2.35. The first-order valence-electron chi connectivity index (χ1n) is 3.35. The molecule has 0 bridgehead atoms. The van der Waals surface area contributed by atoms with Gasteiger partial charge in [-0.25, -0.2) is 9.98 Å². The maximum atomic E-state index is 5.57. The highest BCUT2D eigenvalue weighted by Gasteiger charge is 2.12. The molecule has 2 heterocycles. The van der Waals surface area contributed by atoms with Gasteiger partial charge in [0.05, 0.1) is 12.9 Å². The number of nitrogens with zero attached hydrogens (tertiary/aromatic N) is 3. The van der Waals surface area contributed by atoms with Crippen LogP contribution in [0.5, 0.6) is 0 Å². The highest BCUT2D eigenvalue weighted by Crippen LogP contribution is 2.05. The fraction of sp³-hybridized carbons (Fsp3) is 0.143. The van der Waals surface area contributed by atoms with E-state index in [1.807, 2.05) is 11.0 Å². The second-order valence-electron chi connectivity index (χ2n) is 2.40. The molecule has 56 valence electrons. The molecular weight excluding hydrogens is 140 g/mol. The Morgan fingerprint density at radius 1 is 1.55 bits per heavy atom. The van der Waals surface area contributed by atoms with Crippen LogP contribution in [0.25, 0.3) is 0 Å². The third-order valence-corrected chi connectivity index (χ3v) is 1.53. The molecule has 2 aliphatic rings. The predicted molar refractivity (Wildman–Crippen MR) is 44.0 cm³/mol. The van der Waals surface area contributed by atoms with Crippen LogP contribution in [-0.4, -0.2) is 23.6 Å². The van der Waals surface area contributed by atoms with Crippen molar-refractivity contribution in [2.24, 2.45) is 15.7 Å². The number of aliphatic imine (C=N–C) groups is 2. The Balaban J connectivity index is 2.33. The van der Waals surface area contributed by atoms with E-state index in [4.69, 9.17) is 5.73 Å². The Morgan fingerprint density at radius 2 is 2.45 bits per heavy atom. The number of fused-ring (bicyclic) bond motifs is 1. The highest BCUT2D eigenvalue weighted by molar-refractivity contribution is 6.02. The van der Waals surface area contributed by atoms with Crippen LogP contribution in [0.4, 0.5) is 0 Å². The minimum atomic E-state index is 0.687. The molecule has 0 spiro atoms. The van der Waals surface area contributed by atoms with Crippen molar-refractivity contribution in [3.63, 3.8) is 0 Å². The Labute approximate surface area is 64.4 Å². The van der Waals surface area contributed by atoms with E-state index in [1.54, 1.807) is 18.7 Å². The fourth-order valence-corrected chi connectivity index (χ4v) is 1.01. The lowest BCUT2D eigenvalue weighted by molar-refractivity contribution is 0.658. The summed E-state index contributed by atoms with van der Waals surface area (Å²) in [5, 5.41) is 0. The van der Waals surface area contributed by atoms with Gasteiger partial charge in [-0.05, 0) is 6.08 Å². The zero-order valence-corrected chi connectivity index (χ0v) is 5.94. The number of amidine groups is 1. The van der Waals surface area contributed by atoms with Crippen LogP contribution in [0.2, 0.25) is 0 Å². The monoisotopic (exact) mass is 148 g/mol. The van der Waals surface area contributed by atoms with E-state index in [9.17, 15) is 0 Å². The summed E-state index contributed by atoms with van der Waals surface area (Å²) < 4.78 is 0. The molecule has 0 fully saturated rings. The lowest BCUT2D eigenvalue weighted by atomic mass is 10.3. The summed E-state index contributed by atoms with van der Waals surface area (Å²) in [6.45, 7) is 0.687. The minimum Gasteiger partial charge on any atom is -0.399 e. The summed E-state index contributed by atoms with van der Waals surface area (Å²) >= 11 is 0. The molecule has 0 amide bonds. The van der Waals surface area contributed by atoms with Crippen molar-refractivity contribution < 1.29 is 0 Å². The van der Waals surface area contributed by atoms with Gasteiger partial charge in [-0.1, -0.05) is 0 Å². The summed E-state index contributed by atoms with van der Waals surface area (Å²) in [6.07, 6.45) is 6.96. The highest BCUT2D eigenvalue weighted by atomic mass is 15.2. The molecule has 0 aliphatic carbocycles. The van der Waals surface area contributed by atoms with Gasteiger partial charge in [0.25, 0.3) is 0 Å². The number of rotatable bonds is 0. The third-order valence-electron chi connectivity index (χ3n) is 1.53. The van der Waals surface area contributed by atoms with Crippen LogP contribution < -0.4 is 5.73 Å². The number of hydrogen-bond donors (Lipinski definition) is 1. The van der Waals surface area contributed by atoms with Crippen molar-refractivity contribution in [3.8, 4) is 0 Å². The van der Waals surface area contributed by atoms with E-state index in [0.717, 1.165) is 11.5 Å². The normalized spacial score (nSPS) is 20.9. The van der Waals surface area contributed by atoms with Crippen molar-refractivity contribution in [1.82, 2.24) is 4.90 Å². The van der Waals surface area contributed by atoms with Gasteiger partial charge >= 0.3 is 0 Å². The van der Waals surface area contributed by atoms with Gasteiger partial charge < -0.3 is 10.6 Å². The van der Waals surface area contributed by atoms with Crippen molar-refractivity contribution in [3.05, 3.63) is 24.2 Å². The van der Waals surface area contributed by atoms with Crippen molar-refractivity contribution in [2.45, 2.75) is 0 Å². The molecule has 0 aromatic carbocycles. The average Bonchev–Trinajstić information content (AvgIpc) is 2.04. The molecule has 2 aliphatic heterocycles. The average molecular weight is 148 g/mol. The Kier molecular flexibility index (Phi) is 1.25. The van der Waals surface area contributed by atoms with Crippen LogP contribution in [0.1, 0.15) is 0 Å². The van der Waals surface area contributed by atoms with E-state index in [-0.39, 0.29) is 0 Å². The second-order valence-corrected chi connectivity index (χ2v) is 2.40. The maximum Gasteiger partial charge on any atom is 0.135 e. The molecule has 11 heavy (non-hydrogen) atoms. The molecule has 2 N–H and O–H groups in total. The van der Waals surface area contributed by atoms with Gasteiger partial charge in [0, 0.05) is 18.1 Å². The molecule has 4 heteroatoms. The Bertz CT molecular complexity index is 285. The third kappa shape index (κ3) is 1.02. The smallest absolute Gasteiger partial charge is 0.135 e. The van der Waals surface area contributed by atoms with E-state index in [1.165, 1.54) is 0 Å². The zero-order valence-electron chi connectivity index (χ0n) is 5.94. The molecular formula is C7H8N4. The Morgan fingerprint density at radius 3 is 3.36 bits per heavy atom. The van der Waals surface area contributed by atoms with Crippen LogP contribution in [0, 0.1) is 0 Å². The van der Waals surface area contributed by atoms with Gasteiger partial charge in [0.15, 0.2) is 0 Å². The van der Waals surface area contributed by atoms with E-state index >= 15 is 0 Å². The van der Waals surface area contributed by atoms with Gasteiger partial charge in [0.1, 0.15) is 5.84 Å². The quantitative estimate of drug-likeness (QED) is 0.528. The maximum absolute atomic E-state index is 5.57. The molecule has 4 nitrogen and oxygen atoms in total. The van der Waals surface area contributed by atoms with Crippen LogP contribution in [-0.2, 0) is 0 Å². The summed E-state index contributed by atoms with van der Waals surface area (Å²) in [5.41, 5.74) is 6.33. The van der Waals surface area contributed by atoms with Crippen LogP contribution in [0.15, 0.2) is 34.2 Å². The van der Waals surface area contributed by atoms with E-state index in [2.05, 4.69) is 9.98 Å². The summed E-state index contributed by atoms with van der Waals surface area (Å²) in [4.78, 5) is 9.96. The molecule has 0 aromatic heterocycles. The SMILES string of the molecule is NC1=CN=C2C=CN=CN2C1. The van der Waals surface area contributed by atoms with Gasteiger partial charge in [-0.15, -0.1) is 0 Å². The Hall–Kier alpha value is -1.58. The largest absolute Gasteiger partial charge is 0.399 e. The number of nitrogens with two attached hydrogens (primary N) is 1. The van der Waals surface area contributed by atoms with Gasteiger partial charge in [0.2, 0.25) is 0 Å². The lowest BCUT2D eigenvalue weighted by Gasteiger charge is -2.23. The zero-order chi connectivity index (χ0) is 7.68. The summed E-state index contributed by atoms with van der Waals surface area (Å²) in [6, 6.07) is 0. The van der Waals surface area contributed by atoms with Crippen LogP contribution in [0.3, 0.4) is 0 Å².